The van der Waals surface area contributed by atoms with E-state index in [2.05, 4.69) is 30.4 Å². The zero-order chi connectivity index (χ0) is 23.3. The Morgan fingerprint density at radius 1 is 1.06 bits per heavy atom. The summed E-state index contributed by atoms with van der Waals surface area (Å²) in [6, 6.07) is 15.5. The molecular formula is C24H27N7O2S. The molecule has 0 atom stereocenters. The highest BCUT2D eigenvalue weighted by molar-refractivity contribution is 7.98. The number of hydrogen-bond donors (Lipinski definition) is 1. The summed E-state index contributed by atoms with van der Waals surface area (Å²) in [6.45, 7) is 0.549. The lowest BCUT2D eigenvalue weighted by Gasteiger charge is -2.25. The summed E-state index contributed by atoms with van der Waals surface area (Å²) < 4.78 is 8.96. The highest BCUT2D eigenvalue weighted by Crippen LogP contribution is 2.33. The Labute approximate surface area is 201 Å². The van der Waals surface area contributed by atoms with Crippen molar-refractivity contribution >= 4 is 28.4 Å². The molecule has 4 aromatic rings. The summed E-state index contributed by atoms with van der Waals surface area (Å²) in [7, 11) is 1.66. The summed E-state index contributed by atoms with van der Waals surface area (Å²) in [5, 5.41) is 22.1. The van der Waals surface area contributed by atoms with Crippen LogP contribution < -0.4 is 15.6 Å². The van der Waals surface area contributed by atoms with E-state index in [1.165, 1.54) is 35.7 Å². The third-order valence-corrected chi connectivity index (χ3v) is 7.05. The van der Waals surface area contributed by atoms with Crippen LogP contribution in [0.2, 0.25) is 0 Å². The first-order chi connectivity index (χ1) is 16.7. The first kappa shape index (κ1) is 22.4. The van der Waals surface area contributed by atoms with Crippen molar-refractivity contribution < 1.29 is 4.74 Å². The van der Waals surface area contributed by atoms with Crippen LogP contribution in [0.5, 0.6) is 5.75 Å². The Bertz CT molecular complexity index is 1330. The molecule has 2 heterocycles. The quantitative estimate of drug-likeness (QED) is 0.376. The van der Waals surface area contributed by atoms with Gasteiger partial charge in [0.2, 0.25) is 0 Å². The van der Waals surface area contributed by atoms with Gasteiger partial charge in [-0.05, 0) is 37.1 Å². The molecule has 0 unspecified atom stereocenters. The number of ether oxygens (including phenoxy) is 1. The van der Waals surface area contributed by atoms with Gasteiger partial charge in [0.05, 0.1) is 24.9 Å². The van der Waals surface area contributed by atoms with Gasteiger partial charge in [0.15, 0.2) is 11.0 Å². The van der Waals surface area contributed by atoms with Gasteiger partial charge >= 0.3 is 0 Å². The SMILES string of the molecule is COc1cccc(NCc2nnc(SCn3nnc4ccccc4c3=O)n2C2CCCCC2)c1. The van der Waals surface area contributed by atoms with Gasteiger partial charge in [-0.3, -0.25) is 4.79 Å². The minimum absolute atomic E-state index is 0.151. The van der Waals surface area contributed by atoms with Gasteiger partial charge in [-0.25, -0.2) is 0 Å². The highest BCUT2D eigenvalue weighted by atomic mass is 32.2. The van der Waals surface area contributed by atoms with E-state index in [1.54, 1.807) is 19.2 Å². The number of anilines is 1. The number of rotatable bonds is 8. The second-order valence-corrected chi connectivity index (χ2v) is 9.24. The van der Waals surface area contributed by atoms with Crippen LogP contribution in [0.15, 0.2) is 58.5 Å². The molecule has 176 valence electrons. The van der Waals surface area contributed by atoms with Crippen LogP contribution in [0.25, 0.3) is 10.9 Å². The van der Waals surface area contributed by atoms with E-state index in [0.29, 0.717) is 29.4 Å². The molecular weight excluding hydrogens is 450 g/mol. The van der Waals surface area contributed by atoms with E-state index >= 15 is 0 Å². The predicted molar refractivity (Wildman–Crippen MR) is 132 cm³/mol. The van der Waals surface area contributed by atoms with Gasteiger partial charge in [-0.1, -0.05) is 54.4 Å². The molecule has 0 spiro atoms. The molecule has 0 bridgehead atoms. The molecule has 1 saturated carbocycles. The van der Waals surface area contributed by atoms with Crippen LogP contribution in [0.1, 0.15) is 44.0 Å². The minimum Gasteiger partial charge on any atom is -0.497 e. The lowest BCUT2D eigenvalue weighted by Crippen LogP contribution is -2.23. The summed E-state index contributed by atoms with van der Waals surface area (Å²) in [4.78, 5) is 12.8. The lowest BCUT2D eigenvalue weighted by atomic mass is 9.95. The summed E-state index contributed by atoms with van der Waals surface area (Å²) in [6.07, 6.45) is 5.87. The first-order valence-corrected chi connectivity index (χ1v) is 12.5. The molecule has 5 rings (SSSR count). The number of nitrogens with zero attached hydrogens (tertiary/aromatic N) is 6. The maximum atomic E-state index is 12.8. The second kappa shape index (κ2) is 10.3. The van der Waals surface area contributed by atoms with Gasteiger partial charge in [-0.15, -0.1) is 15.3 Å². The Balaban J connectivity index is 1.38. The van der Waals surface area contributed by atoms with Gasteiger partial charge < -0.3 is 14.6 Å². The van der Waals surface area contributed by atoms with Crippen molar-refractivity contribution in [2.75, 3.05) is 12.4 Å². The van der Waals surface area contributed by atoms with Crippen molar-refractivity contribution in [1.82, 2.24) is 29.8 Å². The maximum absolute atomic E-state index is 12.8. The molecule has 9 nitrogen and oxygen atoms in total. The number of hydrogen-bond acceptors (Lipinski definition) is 8. The average Bonchev–Trinajstić information content (AvgIpc) is 3.30. The Morgan fingerprint density at radius 2 is 1.91 bits per heavy atom. The molecule has 2 aromatic carbocycles. The molecule has 0 saturated heterocycles. The normalized spacial score (nSPS) is 14.4. The van der Waals surface area contributed by atoms with Crippen LogP contribution in [0.3, 0.4) is 0 Å². The standard InChI is InChI=1S/C24H27N7O2S/c1-33-19-11-7-8-17(14-19)25-15-22-27-28-24(31(22)18-9-3-2-4-10-18)34-16-30-23(32)20-12-5-6-13-21(20)26-29-30/h5-8,11-14,18,25H,2-4,9-10,15-16H2,1H3. The van der Waals surface area contributed by atoms with Gasteiger partial charge in [0.25, 0.3) is 5.56 Å². The Kier molecular flexibility index (Phi) is 6.75. The number of aromatic nitrogens is 6. The van der Waals surface area contributed by atoms with Crippen molar-refractivity contribution in [1.29, 1.82) is 0 Å². The molecule has 1 aliphatic carbocycles. The summed E-state index contributed by atoms with van der Waals surface area (Å²) in [5.41, 5.74) is 1.41. The Hall–Kier alpha value is -3.40. The first-order valence-electron chi connectivity index (χ1n) is 11.5. The molecule has 34 heavy (non-hydrogen) atoms. The topological polar surface area (TPSA) is 99.8 Å². The fourth-order valence-electron chi connectivity index (χ4n) is 4.37. The number of thioether (sulfide) groups is 1. The third kappa shape index (κ3) is 4.77. The molecule has 2 aromatic heterocycles. The van der Waals surface area contributed by atoms with E-state index in [1.807, 2.05) is 36.4 Å². The fourth-order valence-corrected chi connectivity index (χ4v) is 5.27. The summed E-state index contributed by atoms with van der Waals surface area (Å²) in [5.74, 6) is 2.01. The molecule has 0 radical (unpaired) electrons. The summed E-state index contributed by atoms with van der Waals surface area (Å²) >= 11 is 1.47. The van der Waals surface area contributed by atoms with Crippen LogP contribution in [-0.2, 0) is 12.4 Å². The predicted octanol–water partition coefficient (Wildman–Crippen LogP) is 4.26. The monoisotopic (exact) mass is 477 g/mol. The van der Waals surface area contributed by atoms with E-state index in [9.17, 15) is 4.79 Å². The number of nitrogens with one attached hydrogen (secondary N) is 1. The van der Waals surface area contributed by atoms with E-state index < -0.39 is 0 Å². The largest absolute Gasteiger partial charge is 0.497 e. The molecule has 1 N–H and O–H groups in total. The highest BCUT2D eigenvalue weighted by Gasteiger charge is 2.23. The van der Waals surface area contributed by atoms with E-state index in [0.717, 1.165) is 35.3 Å². The van der Waals surface area contributed by atoms with Crippen molar-refractivity contribution in [3.63, 3.8) is 0 Å². The zero-order valence-corrected chi connectivity index (χ0v) is 19.9. The smallest absolute Gasteiger partial charge is 0.278 e. The third-order valence-electron chi connectivity index (χ3n) is 6.14. The van der Waals surface area contributed by atoms with Gasteiger partial charge in [-0.2, -0.15) is 4.68 Å². The molecule has 1 aliphatic rings. The van der Waals surface area contributed by atoms with Crippen LogP contribution in [0.4, 0.5) is 5.69 Å². The average molecular weight is 478 g/mol. The van der Waals surface area contributed by atoms with Crippen LogP contribution in [-0.4, -0.2) is 36.9 Å². The van der Waals surface area contributed by atoms with Crippen molar-refractivity contribution in [2.24, 2.45) is 0 Å². The second-order valence-electron chi connectivity index (χ2n) is 8.33. The molecule has 0 amide bonds. The Morgan fingerprint density at radius 3 is 2.76 bits per heavy atom. The van der Waals surface area contributed by atoms with Crippen molar-refractivity contribution in [3.8, 4) is 5.75 Å². The maximum Gasteiger partial charge on any atom is 0.278 e. The molecule has 0 aliphatic heterocycles. The van der Waals surface area contributed by atoms with E-state index in [-0.39, 0.29) is 5.56 Å². The zero-order valence-electron chi connectivity index (χ0n) is 19.1. The number of methoxy groups -OCH3 is 1. The van der Waals surface area contributed by atoms with Crippen LogP contribution >= 0.6 is 11.8 Å². The molecule has 1 fully saturated rings. The van der Waals surface area contributed by atoms with E-state index in [4.69, 9.17) is 4.74 Å². The number of fused-ring (bicyclic) bond motifs is 1. The van der Waals surface area contributed by atoms with Crippen molar-refractivity contribution in [2.45, 2.75) is 55.7 Å². The van der Waals surface area contributed by atoms with Crippen molar-refractivity contribution in [3.05, 3.63) is 64.7 Å². The fraction of sp³-hybridized carbons (Fsp3) is 0.375. The van der Waals surface area contributed by atoms with Crippen LogP contribution in [0, 0.1) is 0 Å². The lowest BCUT2D eigenvalue weighted by molar-refractivity contribution is 0.330. The van der Waals surface area contributed by atoms with Gasteiger partial charge in [0.1, 0.15) is 11.3 Å². The number of benzene rings is 2. The minimum atomic E-state index is -0.151. The van der Waals surface area contributed by atoms with Gasteiger partial charge in [0, 0.05) is 17.8 Å². The molecule has 10 heteroatoms.